The van der Waals surface area contributed by atoms with E-state index in [1.165, 1.54) is 6.92 Å². The lowest BCUT2D eigenvalue weighted by Crippen LogP contribution is -2.12. The van der Waals surface area contributed by atoms with Crippen molar-refractivity contribution >= 4 is 14.1 Å². The second-order valence-electron chi connectivity index (χ2n) is 1.38. The van der Waals surface area contributed by atoms with Gasteiger partial charge in [-0.3, -0.25) is 0 Å². The Morgan fingerprint density at radius 2 is 2.33 bits per heavy atom. The highest BCUT2D eigenvalue weighted by Gasteiger charge is 2.11. The molecule has 0 radical (unpaired) electrons. The van der Waals surface area contributed by atoms with Crippen LogP contribution in [-0.4, -0.2) is 22.0 Å². The van der Waals surface area contributed by atoms with Crippen LogP contribution in [0.25, 0.3) is 0 Å². The average Bonchev–Trinajstić information content (AvgIpc) is 1.63. The molecular weight excluding hydrogens is 145 g/mol. The lowest BCUT2D eigenvalue weighted by molar-refractivity contribution is -0.171. The standard InChI is InChI=1S/C3H6NO4P/c1-2(3(5)6)4-9(7)8/h2H,1H3,(H,5,6)(H,4,7,8)/t2-/m0/s1. The second-order valence-corrected chi connectivity index (χ2v) is 2.12. The lowest BCUT2D eigenvalue weighted by atomic mass is 10.4. The molecule has 0 fully saturated rings. The van der Waals surface area contributed by atoms with Crippen molar-refractivity contribution in [1.82, 2.24) is 0 Å². The maximum atomic E-state index is 9.90. The highest BCUT2D eigenvalue weighted by Crippen LogP contribution is 2.08. The zero-order valence-electron chi connectivity index (χ0n) is 4.68. The second kappa shape index (κ2) is 3.50. The van der Waals surface area contributed by atoms with Gasteiger partial charge in [-0.05, 0) is 6.92 Å². The molecule has 0 aliphatic carbocycles. The molecule has 0 aliphatic rings. The van der Waals surface area contributed by atoms with Crippen molar-refractivity contribution in [2.45, 2.75) is 13.0 Å². The third-order valence-electron chi connectivity index (χ3n) is 0.629. The third-order valence-corrected chi connectivity index (χ3v) is 1.17. The molecule has 0 spiro atoms. The van der Waals surface area contributed by atoms with Crippen LogP contribution in [0, 0.1) is 0 Å². The summed E-state index contributed by atoms with van der Waals surface area (Å²) >= 11 is 0. The van der Waals surface area contributed by atoms with Crippen LogP contribution >= 0.6 is 8.17 Å². The van der Waals surface area contributed by atoms with Gasteiger partial charge in [0, 0.05) is 0 Å². The fraction of sp³-hybridized carbons (Fsp3) is 0.667. The van der Waals surface area contributed by atoms with Crippen molar-refractivity contribution in [3.8, 4) is 0 Å². The van der Waals surface area contributed by atoms with Gasteiger partial charge in [0.15, 0.2) is 6.04 Å². The summed E-state index contributed by atoms with van der Waals surface area (Å²) in [6.07, 6.45) is 0. The molecule has 5 nitrogen and oxygen atoms in total. The average molecular weight is 151 g/mol. The van der Waals surface area contributed by atoms with Gasteiger partial charge in [-0.15, -0.1) is 0 Å². The van der Waals surface area contributed by atoms with Crippen LogP contribution in [0.2, 0.25) is 0 Å². The van der Waals surface area contributed by atoms with Crippen LogP contribution in [0.4, 0.5) is 0 Å². The first-order chi connectivity index (χ1) is 4.04. The van der Waals surface area contributed by atoms with E-state index in [9.17, 15) is 9.69 Å². The Hall–Kier alpha value is -0.510. The summed E-state index contributed by atoms with van der Waals surface area (Å²) in [5.74, 6) is -1.20. The smallest absolute Gasteiger partial charge is 0.339 e. The van der Waals surface area contributed by atoms with Gasteiger partial charge in [-0.1, -0.05) is 4.74 Å². The number of nitrogens with zero attached hydrogens (tertiary/aromatic N) is 1. The van der Waals surface area contributed by atoms with E-state index < -0.39 is 20.2 Å². The number of rotatable bonds is 2. The first kappa shape index (κ1) is 8.49. The van der Waals surface area contributed by atoms with Gasteiger partial charge in [0.2, 0.25) is 0 Å². The summed E-state index contributed by atoms with van der Waals surface area (Å²) < 4.78 is 2.94. The summed E-state index contributed by atoms with van der Waals surface area (Å²) in [7, 11) is -2.68. The molecule has 0 rings (SSSR count). The highest BCUT2D eigenvalue weighted by atomic mass is 31.1. The normalized spacial score (nSPS) is 15.2. The van der Waals surface area contributed by atoms with Gasteiger partial charge < -0.3 is 10.00 Å². The van der Waals surface area contributed by atoms with Gasteiger partial charge in [0.1, 0.15) is 0 Å². The van der Waals surface area contributed by atoms with Crippen LogP contribution in [0.5, 0.6) is 0 Å². The topological polar surface area (TPSA) is 93.0 Å². The first-order valence-corrected chi connectivity index (χ1v) is 3.30. The molecule has 0 amide bonds. The van der Waals surface area contributed by atoms with Gasteiger partial charge in [0.25, 0.3) is 0 Å². The summed E-state index contributed by atoms with van der Waals surface area (Å²) in [6.45, 7) is 1.23. The van der Waals surface area contributed by atoms with Gasteiger partial charge in [-0.25, -0.2) is 4.79 Å². The molecule has 2 atom stereocenters. The monoisotopic (exact) mass is 151 g/mol. The summed E-state index contributed by atoms with van der Waals surface area (Å²) in [6, 6.07) is -1.10. The SMILES string of the molecule is C[C@H](N=[P+]([O-])O)C(=O)O. The Kier molecular flexibility index (Phi) is 3.30. The molecule has 9 heavy (non-hydrogen) atoms. The van der Waals surface area contributed by atoms with E-state index in [1.807, 2.05) is 0 Å². The zero-order valence-corrected chi connectivity index (χ0v) is 5.58. The minimum absolute atomic E-state index is 1.10. The van der Waals surface area contributed by atoms with Crippen LogP contribution in [0.3, 0.4) is 0 Å². The maximum Gasteiger partial charge on any atom is 0.339 e. The van der Waals surface area contributed by atoms with Gasteiger partial charge in [0.05, 0.1) is 0 Å². The van der Waals surface area contributed by atoms with Gasteiger partial charge >= 0.3 is 14.1 Å². The molecule has 0 aliphatic heterocycles. The van der Waals surface area contributed by atoms with Crippen LogP contribution in [-0.2, 0) is 4.79 Å². The first-order valence-electron chi connectivity index (χ1n) is 2.13. The predicted octanol–water partition coefficient (Wildman–Crippen LogP) is -0.692. The molecule has 0 aromatic heterocycles. The Bertz CT molecular complexity index is 141. The predicted molar refractivity (Wildman–Crippen MR) is 28.7 cm³/mol. The summed E-state index contributed by atoms with van der Waals surface area (Å²) in [5, 5.41) is 8.10. The molecule has 0 saturated carbocycles. The van der Waals surface area contributed by atoms with Crippen molar-refractivity contribution in [3.63, 3.8) is 0 Å². The Balaban J connectivity index is 3.91. The molecule has 6 heteroatoms. The Labute approximate surface area is 52.6 Å². The van der Waals surface area contributed by atoms with Crippen molar-refractivity contribution in [1.29, 1.82) is 0 Å². The van der Waals surface area contributed by atoms with Crippen molar-refractivity contribution in [2.24, 2.45) is 4.74 Å². The largest absolute Gasteiger partial charge is 0.584 e. The van der Waals surface area contributed by atoms with E-state index >= 15 is 0 Å². The van der Waals surface area contributed by atoms with Crippen LogP contribution in [0.1, 0.15) is 6.92 Å². The number of carboxylic acid groups (broad SMARTS) is 1. The molecule has 0 aromatic carbocycles. The Morgan fingerprint density at radius 3 is 2.44 bits per heavy atom. The molecule has 1 unspecified atom stereocenters. The molecule has 0 saturated heterocycles. The Morgan fingerprint density at radius 1 is 1.89 bits per heavy atom. The number of hydrogen-bond acceptors (Lipinski definition) is 3. The van der Waals surface area contributed by atoms with E-state index in [-0.39, 0.29) is 0 Å². The van der Waals surface area contributed by atoms with Crippen LogP contribution < -0.4 is 4.89 Å². The fourth-order valence-corrected chi connectivity index (χ4v) is 0.593. The molecular formula is C3H6NO4P. The molecule has 0 aromatic rings. The van der Waals surface area contributed by atoms with E-state index in [0.717, 1.165) is 0 Å². The van der Waals surface area contributed by atoms with E-state index in [0.29, 0.717) is 0 Å². The fourth-order valence-electron chi connectivity index (χ4n) is 0.198. The molecule has 52 valence electrons. The molecule has 2 N–H and O–H groups in total. The summed E-state index contributed by atoms with van der Waals surface area (Å²) in [4.78, 5) is 27.8. The van der Waals surface area contributed by atoms with Crippen molar-refractivity contribution in [3.05, 3.63) is 0 Å². The van der Waals surface area contributed by atoms with E-state index in [4.69, 9.17) is 10.00 Å². The van der Waals surface area contributed by atoms with Crippen LogP contribution in [0.15, 0.2) is 4.74 Å². The maximum absolute atomic E-state index is 9.90. The third kappa shape index (κ3) is 4.02. The number of carbonyl (C=O) groups is 1. The highest BCUT2D eigenvalue weighted by molar-refractivity contribution is 7.32. The minimum Gasteiger partial charge on any atom is -0.584 e. The quantitative estimate of drug-likeness (QED) is 0.510. The number of carboxylic acids is 1. The van der Waals surface area contributed by atoms with Crippen molar-refractivity contribution in [2.75, 3.05) is 0 Å². The molecule has 0 heterocycles. The van der Waals surface area contributed by atoms with Gasteiger partial charge in [-0.2, -0.15) is 4.89 Å². The van der Waals surface area contributed by atoms with E-state index in [2.05, 4.69) is 4.74 Å². The minimum atomic E-state index is -2.68. The van der Waals surface area contributed by atoms with E-state index in [1.54, 1.807) is 0 Å². The lowest BCUT2D eigenvalue weighted by Gasteiger charge is -1.91. The van der Waals surface area contributed by atoms with Crippen molar-refractivity contribution < 1.29 is 19.7 Å². The zero-order chi connectivity index (χ0) is 7.44. The number of aliphatic carboxylic acids is 1. The summed E-state index contributed by atoms with van der Waals surface area (Å²) in [5.41, 5.74) is 0. The molecule has 0 bridgehead atoms. The number of hydrogen-bond donors (Lipinski definition) is 2.